The third kappa shape index (κ3) is 5.57. The average Bonchev–Trinajstić information content (AvgIpc) is 2.83. The Morgan fingerprint density at radius 2 is 1.48 bits per heavy atom. The molecule has 4 N–H and O–H groups in total. The minimum atomic E-state index is -0.833. The van der Waals surface area contributed by atoms with Crippen LogP contribution in [0.3, 0.4) is 0 Å². The second-order valence-corrected chi connectivity index (χ2v) is 9.64. The number of rotatable bonds is 0. The minimum absolute atomic E-state index is 0.0773. The lowest BCUT2D eigenvalue weighted by Gasteiger charge is -2.53. The van der Waals surface area contributed by atoms with Gasteiger partial charge in [-0.15, -0.1) is 0 Å². The number of hydrogen-bond donors (Lipinski definition) is 4. The van der Waals surface area contributed by atoms with Crippen molar-refractivity contribution >= 4 is 17.7 Å². The third-order valence-corrected chi connectivity index (χ3v) is 7.67. The molecular formula is C22H36O7. The van der Waals surface area contributed by atoms with Crippen LogP contribution in [0.2, 0.25) is 0 Å². The molecule has 4 saturated carbocycles. The highest BCUT2D eigenvalue weighted by atomic mass is 16.4. The number of Topliss-reactive ketones (excluding diaryl/α,β-unsaturated/α-hetero) is 1. The molecular weight excluding hydrogens is 376 g/mol. The largest absolute Gasteiger partial charge is 0.481 e. The van der Waals surface area contributed by atoms with Crippen molar-refractivity contribution in [2.45, 2.75) is 84.3 Å². The van der Waals surface area contributed by atoms with Gasteiger partial charge in [0, 0.05) is 25.7 Å². The molecule has 166 valence electrons. The molecule has 29 heavy (non-hydrogen) atoms. The van der Waals surface area contributed by atoms with Crippen LogP contribution < -0.4 is 0 Å². The van der Waals surface area contributed by atoms with Gasteiger partial charge in [-0.2, -0.15) is 0 Å². The maximum absolute atomic E-state index is 12.1. The number of aliphatic hydroxyl groups excluding tert-OH is 2. The molecule has 7 heteroatoms. The van der Waals surface area contributed by atoms with Gasteiger partial charge in [-0.1, -0.05) is 6.92 Å². The summed E-state index contributed by atoms with van der Waals surface area (Å²) in [5.74, 6) is 1.66. The molecule has 0 amide bonds. The number of hydrogen-bond acceptors (Lipinski definition) is 5. The van der Waals surface area contributed by atoms with Crippen LogP contribution in [0.5, 0.6) is 0 Å². The van der Waals surface area contributed by atoms with Gasteiger partial charge in [0.05, 0.1) is 6.10 Å². The van der Waals surface area contributed by atoms with Crippen molar-refractivity contribution in [1.29, 1.82) is 0 Å². The Morgan fingerprint density at radius 3 is 2.07 bits per heavy atom. The monoisotopic (exact) mass is 412 g/mol. The maximum Gasteiger partial charge on any atom is 0.300 e. The lowest BCUT2D eigenvalue weighted by Crippen LogP contribution is -2.48. The zero-order chi connectivity index (χ0) is 21.9. The highest BCUT2D eigenvalue weighted by Gasteiger charge is 2.58. The van der Waals surface area contributed by atoms with Crippen LogP contribution in [-0.2, 0) is 14.4 Å². The third-order valence-electron chi connectivity index (χ3n) is 7.67. The summed E-state index contributed by atoms with van der Waals surface area (Å²) < 4.78 is 0. The number of carbonyl (C=O) groups excluding carboxylic acids is 1. The molecule has 4 aliphatic carbocycles. The van der Waals surface area contributed by atoms with Crippen molar-refractivity contribution in [3.05, 3.63) is 0 Å². The van der Waals surface area contributed by atoms with Crippen LogP contribution in [0.4, 0.5) is 0 Å². The second kappa shape index (κ2) is 9.56. The fraction of sp³-hybridized carbons (Fsp3) is 0.864. The molecule has 0 spiro atoms. The first kappa shape index (κ1) is 23.8. The van der Waals surface area contributed by atoms with Crippen molar-refractivity contribution in [2.24, 2.45) is 35.0 Å². The quantitative estimate of drug-likeness (QED) is 0.481. The van der Waals surface area contributed by atoms with E-state index in [2.05, 4.69) is 6.92 Å². The molecule has 0 saturated heterocycles. The maximum atomic E-state index is 12.1. The molecule has 0 heterocycles. The van der Waals surface area contributed by atoms with Crippen molar-refractivity contribution < 1.29 is 34.8 Å². The number of carboxylic acids is 2. The average molecular weight is 413 g/mol. The first-order chi connectivity index (χ1) is 13.5. The lowest BCUT2D eigenvalue weighted by molar-refractivity contribution is -0.135. The fourth-order valence-electron chi connectivity index (χ4n) is 6.42. The number of carbonyl (C=O) groups is 3. The molecule has 0 radical (unpaired) electrons. The number of fused-ring (bicyclic) bond motifs is 4. The molecule has 0 bridgehead atoms. The van der Waals surface area contributed by atoms with Gasteiger partial charge < -0.3 is 20.4 Å². The Kier molecular flexibility index (Phi) is 7.85. The summed E-state index contributed by atoms with van der Waals surface area (Å²) in [7, 11) is 0. The van der Waals surface area contributed by atoms with Crippen LogP contribution in [0.1, 0.15) is 72.1 Å². The Morgan fingerprint density at radius 1 is 0.897 bits per heavy atom. The molecule has 4 aliphatic rings. The smallest absolute Gasteiger partial charge is 0.300 e. The Balaban J connectivity index is 0.000000324. The predicted molar refractivity (Wildman–Crippen MR) is 106 cm³/mol. The van der Waals surface area contributed by atoms with Gasteiger partial charge in [-0.3, -0.25) is 14.4 Å². The molecule has 8 atom stereocenters. The van der Waals surface area contributed by atoms with Crippen LogP contribution in [0, 0.1) is 35.0 Å². The highest BCUT2D eigenvalue weighted by molar-refractivity contribution is 5.86. The van der Waals surface area contributed by atoms with Crippen molar-refractivity contribution in [3.63, 3.8) is 0 Å². The predicted octanol–water partition coefficient (Wildman–Crippen LogP) is 2.72. The van der Waals surface area contributed by atoms with Gasteiger partial charge in [-0.05, 0) is 74.5 Å². The molecule has 4 fully saturated rings. The van der Waals surface area contributed by atoms with E-state index in [4.69, 9.17) is 19.8 Å². The SMILES string of the molecule is CC(=O)O.CC(=O)O.C[C@@]12CC[C@H]3C[C@H]4C[C@H](O)CC[C@@H]4C[C@@H]3[C@H]1CC(=O)[C@H]2O. The Hall–Kier alpha value is -1.47. The van der Waals surface area contributed by atoms with E-state index in [9.17, 15) is 15.0 Å². The molecule has 4 rings (SSSR count). The van der Waals surface area contributed by atoms with E-state index < -0.39 is 18.0 Å². The van der Waals surface area contributed by atoms with Gasteiger partial charge >= 0.3 is 0 Å². The number of aliphatic hydroxyl groups is 2. The topological polar surface area (TPSA) is 132 Å². The van der Waals surface area contributed by atoms with E-state index in [1.165, 1.54) is 19.3 Å². The normalized spacial score (nSPS) is 42.7. The van der Waals surface area contributed by atoms with Gasteiger partial charge in [-0.25, -0.2) is 0 Å². The standard InChI is InChI=1S/C18H28O3.2C2H4O2/c1-18-5-4-11-6-12-7-13(19)3-2-10(12)8-14(11)15(18)9-16(20)17(18)21;2*1-2(3)4/h10-15,17,19,21H,2-9H2,1H3;2*1H3,(H,3,4)/t10-,11+,12+,13-,14+,15-,17-,18-;;/m1../s1. The molecule has 7 nitrogen and oxygen atoms in total. The lowest BCUT2D eigenvalue weighted by atomic mass is 9.52. The van der Waals surface area contributed by atoms with Gasteiger partial charge in [0.15, 0.2) is 5.78 Å². The van der Waals surface area contributed by atoms with Crippen molar-refractivity contribution in [2.75, 3.05) is 0 Å². The summed E-state index contributed by atoms with van der Waals surface area (Å²) >= 11 is 0. The van der Waals surface area contributed by atoms with Crippen LogP contribution in [-0.4, -0.2) is 50.4 Å². The fourth-order valence-corrected chi connectivity index (χ4v) is 6.42. The second-order valence-electron chi connectivity index (χ2n) is 9.64. The van der Waals surface area contributed by atoms with E-state index in [0.717, 1.165) is 51.4 Å². The van der Waals surface area contributed by atoms with Crippen LogP contribution in [0.15, 0.2) is 0 Å². The summed E-state index contributed by atoms with van der Waals surface area (Å²) in [6.45, 7) is 4.32. The van der Waals surface area contributed by atoms with E-state index in [1.807, 2.05) is 0 Å². The molecule has 0 unspecified atom stereocenters. The van der Waals surface area contributed by atoms with Crippen molar-refractivity contribution in [1.82, 2.24) is 0 Å². The summed E-state index contributed by atoms with van der Waals surface area (Å²) in [5.41, 5.74) is -0.154. The summed E-state index contributed by atoms with van der Waals surface area (Å²) in [4.78, 5) is 30.1. The first-order valence-electron chi connectivity index (χ1n) is 10.7. The van der Waals surface area contributed by atoms with E-state index in [-0.39, 0.29) is 17.3 Å². The number of aliphatic carboxylic acids is 2. The first-order valence-corrected chi connectivity index (χ1v) is 10.7. The molecule has 0 aromatic carbocycles. The zero-order valence-corrected chi connectivity index (χ0v) is 17.7. The number of carboxylic acid groups (broad SMARTS) is 2. The van der Waals surface area contributed by atoms with Crippen LogP contribution in [0.25, 0.3) is 0 Å². The highest BCUT2D eigenvalue weighted by Crippen LogP contribution is 2.60. The Bertz CT molecular complexity index is 598. The van der Waals surface area contributed by atoms with E-state index >= 15 is 0 Å². The van der Waals surface area contributed by atoms with Gasteiger partial charge in [0.25, 0.3) is 11.9 Å². The zero-order valence-electron chi connectivity index (χ0n) is 17.7. The van der Waals surface area contributed by atoms with Crippen molar-refractivity contribution in [3.8, 4) is 0 Å². The van der Waals surface area contributed by atoms with E-state index in [1.54, 1.807) is 0 Å². The molecule has 0 aromatic rings. The summed E-state index contributed by atoms with van der Waals surface area (Å²) in [5, 5.41) is 35.1. The van der Waals surface area contributed by atoms with Gasteiger partial charge in [0.1, 0.15) is 6.10 Å². The Labute approximate surface area is 172 Å². The summed E-state index contributed by atoms with van der Waals surface area (Å²) in [6.07, 6.45) is 7.60. The molecule has 0 aliphatic heterocycles. The number of ketones is 1. The molecule has 0 aromatic heterocycles. The minimum Gasteiger partial charge on any atom is -0.481 e. The van der Waals surface area contributed by atoms with Gasteiger partial charge in [0.2, 0.25) is 0 Å². The van der Waals surface area contributed by atoms with Crippen LogP contribution >= 0.6 is 0 Å². The van der Waals surface area contributed by atoms with E-state index in [0.29, 0.717) is 24.2 Å². The summed E-state index contributed by atoms with van der Waals surface area (Å²) in [6, 6.07) is 0.